The summed E-state index contributed by atoms with van der Waals surface area (Å²) in [5.41, 5.74) is 0. The van der Waals surface area contributed by atoms with E-state index in [-0.39, 0.29) is 17.7 Å². The molecule has 0 aliphatic carbocycles. The number of likely N-dealkylation sites (tertiary alicyclic amines) is 1. The summed E-state index contributed by atoms with van der Waals surface area (Å²) in [4.78, 5) is 24.6. The molecular formula is C9H15BN2O2. The lowest BCUT2D eigenvalue weighted by Gasteiger charge is -2.14. The van der Waals surface area contributed by atoms with Crippen LogP contribution in [0.5, 0.6) is 0 Å². The Morgan fingerprint density at radius 1 is 1.71 bits per heavy atom. The number of nitrogens with one attached hydrogen (secondary N) is 1. The number of nitrogens with zero attached hydrogens (tertiary/aromatic N) is 1. The number of rotatable bonds is 3. The molecule has 1 rings (SSSR count). The third kappa shape index (κ3) is 1.91. The van der Waals surface area contributed by atoms with Crippen molar-refractivity contribution in [2.24, 2.45) is 5.92 Å². The van der Waals surface area contributed by atoms with Crippen molar-refractivity contribution in [1.29, 1.82) is 0 Å². The average molecular weight is 194 g/mol. The summed E-state index contributed by atoms with van der Waals surface area (Å²) in [7, 11) is 7.23. The van der Waals surface area contributed by atoms with Crippen LogP contribution in [-0.4, -0.2) is 44.7 Å². The predicted molar refractivity (Wildman–Crippen MR) is 53.9 cm³/mol. The molecule has 0 aromatic heterocycles. The normalized spacial score (nSPS) is 26.7. The van der Waals surface area contributed by atoms with Gasteiger partial charge in [-0.2, -0.15) is 0 Å². The van der Waals surface area contributed by atoms with Gasteiger partial charge < -0.3 is 10.2 Å². The molecule has 0 bridgehead atoms. The van der Waals surface area contributed by atoms with E-state index in [2.05, 4.69) is 5.32 Å². The fourth-order valence-electron chi connectivity index (χ4n) is 1.73. The highest BCUT2D eigenvalue weighted by Gasteiger charge is 2.39. The third-order valence-corrected chi connectivity index (χ3v) is 2.52. The number of carbonyl (C=O) groups is 2. The third-order valence-electron chi connectivity index (χ3n) is 2.52. The van der Waals surface area contributed by atoms with Crippen LogP contribution in [0.3, 0.4) is 0 Å². The Morgan fingerprint density at radius 2 is 2.36 bits per heavy atom. The molecule has 1 N–H and O–H groups in total. The summed E-state index contributed by atoms with van der Waals surface area (Å²) in [5, 5.41) is 2.52. The molecule has 2 atom stereocenters. The van der Waals surface area contributed by atoms with E-state index in [1.54, 1.807) is 11.9 Å². The Morgan fingerprint density at radius 3 is 2.86 bits per heavy atom. The molecule has 4 nitrogen and oxygen atoms in total. The molecule has 2 unspecified atom stereocenters. The molecule has 76 valence electrons. The van der Waals surface area contributed by atoms with Gasteiger partial charge in [0.1, 0.15) is 0 Å². The van der Waals surface area contributed by atoms with E-state index < -0.39 is 5.82 Å². The quantitative estimate of drug-likeness (QED) is 0.619. The van der Waals surface area contributed by atoms with Gasteiger partial charge in [0.05, 0.1) is 13.8 Å². The van der Waals surface area contributed by atoms with Crippen molar-refractivity contribution in [3.05, 3.63) is 0 Å². The van der Waals surface area contributed by atoms with E-state index >= 15 is 0 Å². The fourth-order valence-corrected chi connectivity index (χ4v) is 1.73. The number of carbonyl (C=O) groups excluding carboxylic acids is 2. The molecule has 0 saturated carbocycles. The van der Waals surface area contributed by atoms with Crippen LogP contribution in [0.25, 0.3) is 0 Å². The van der Waals surface area contributed by atoms with E-state index in [0.717, 1.165) is 6.42 Å². The second kappa shape index (κ2) is 4.48. The molecule has 1 aliphatic heterocycles. The molecule has 0 aromatic rings. The van der Waals surface area contributed by atoms with Crippen LogP contribution < -0.4 is 5.32 Å². The van der Waals surface area contributed by atoms with Crippen LogP contribution >= 0.6 is 0 Å². The van der Waals surface area contributed by atoms with Gasteiger partial charge in [0.15, 0.2) is 0 Å². The molecule has 1 aliphatic rings. The van der Waals surface area contributed by atoms with Crippen LogP contribution in [0, 0.1) is 5.92 Å². The van der Waals surface area contributed by atoms with Gasteiger partial charge in [-0.25, -0.2) is 0 Å². The van der Waals surface area contributed by atoms with Gasteiger partial charge >= 0.3 is 0 Å². The van der Waals surface area contributed by atoms with Crippen molar-refractivity contribution in [2.45, 2.75) is 19.2 Å². The summed E-state index contributed by atoms with van der Waals surface area (Å²) in [6.07, 6.45) is 0.888. The van der Waals surface area contributed by atoms with Crippen molar-refractivity contribution in [3.63, 3.8) is 0 Å². The van der Waals surface area contributed by atoms with Gasteiger partial charge in [-0.05, 0) is 6.42 Å². The van der Waals surface area contributed by atoms with Crippen molar-refractivity contribution in [1.82, 2.24) is 10.2 Å². The van der Waals surface area contributed by atoms with Crippen LogP contribution in [0.1, 0.15) is 13.3 Å². The first-order chi connectivity index (χ1) is 6.61. The summed E-state index contributed by atoms with van der Waals surface area (Å²) in [5.74, 6) is -1.31. The highest BCUT2D eigenvalue weighted by atomic mass is 16.2. The molecule has 5 heteroatoms. The molecule has 14 heavy (non-hydrogen) atoms. The SMILES string of the molecule is [B]C1C(=O)N(CCC)CC1C(=O)NC. The molecule has 2 radical (unpaired) electrons. The molecule has 1 saturated heterocycles. The highest BCUT2D eigenvalue weighted by molar-refractivity contribution is 6.26. The first kappa shape index (κ1) is 11.1. The van der Waals surface area contributed by atoms with E-state index in [1.165, 1.54) is 0 Å². The fraction of sp³-hybridized carbons (Fsp3) is 0.778. The Hall–Kier alpha value is -0.995. The maximum absolute atomic E-state index is 11.5. The monoisotopic (exact) mass is 194 g/mol. The number of amides is 2. The van der Waals surface area contributed by atoms with Crippen molar-refractivity contribution in [2.75, 3.05) is 20.1 Å². The lowest BCUT2D eigenvalue weighted by Crippen LogP contribution is -2.31. The largest absolute Gasteiger partial charge is 0.359 e. The standard InChI is InChI=1S/C9H15BN2O2/c1-3-4-12-5-6(8(13)11-2)7(10)9(12)14/h6-7H,3-5H2,1-2H3,(H,11,13). The highest BCUT2D eigenvalue weighted by Crippen LogP contribution is 2.27. The van der Waals surface area contributed by atoms with Crippen molar-refractivity contribution >= 4 is 19.7 Å². The van der Waals surface area contributed by atoms with Gasteiger partial charge in [-0.1, -0.05) is 6.92 Å². The lowest BCUT2D eigenvalue weighted by atomic mass is 9.78. The Kier molecular flexibility index (Phi) is 3.55. The second-order valence-corrected chi connectivity index (χ2v) is 3.53. The van der Waals surface area contributed by atoms with E-state index in [1.807, 2.05) is 6.92 Å². The van der Waals surface area contributed by atoms with Crippen LogP contribution in [-0.2, 0) is 9.59 Å². The van der Waals surface area contributed by atoms with Crippen LogP contribution in [0.4, 0.5) is 0 Å². The minimum atomic E-state index is -0.665. The van der Waals surface area contributed by atoms with E-state index in [4.69, 9.17) is 7.85 Å². The minimum absolute atomic E-state index is 0.111. The second-order valence-electron chi connectivity index (χ2n) is 3.53. The van der Waals surface area contributed by atoms with E-state index in [9.17, 15) is 9.59 Å². The molecular weight excluding hydrogens is 179 g/mol. The van der Waals surface area contributed by atoms with E-state index in [0.29, 0.717) is 13.1 Å². The Bertz CT molecular complexity index is 245. The zero-order valence-electron chi connectivity index (χ0n) is 8.62. The lowest BCUT2D eigenvalue weighted by molar-refractivity contribution is -0.128. The zero-order valence-corrected chi connectivity index (χ0v) is 8.62. The zero-order chi connectivity index (χ0) is 10.7. The first-order valence-corrected chi connectivity index (χ1v) is 4.87. The number of hydrogen-bond donors (Lipinski definition) is 1. The molecule has 1 fully saturated rings. The molecule has 2 amide bonds. The summed E-state index contributed by atoms with van der Waals surface area (Å²) >= 11 is 0. The molecule has 0 aromatic carbocycles. The van der Waals surface area contributed by atoms with Crippen molar-refractivity contribution < 1.29 is 9.59 Å². The average Bonchev–Trinajstić information content (AvgIpc) is 2.46. The first-order valence-electron chi connectivity index (χ1n) is 4.87. The number of hydrogen-bond acceptors (Lipinski definition) is 2. The van der Waals surface area contributed by atoms with Gasteiger partial charge in [0.25, 0.3) is 0 Å². The van der Waals surface area contributed by atoms with Gasteiger partial charge in [0, 0.05) is 26.0 Å². The topological polar surface area (TPSA) is 49.4 Å². The summed E-state index contributed by atoms with van der Waals surface area (Å²) < 4.78 is 0. The Labute approximate surface area is 85.4 Å². The smallest absolute Gasteiger partial charge is 0.224 e. The maximum Gasteiger partial charge on any atom is 0.224 e. The van der Waals surface area contributed by atoms with Gasteiger partial charge in [-0.15, -0.1) is 0 Å². The summed E-state index contributed by atoms with van der Waals surface area (Å²) in [6, 6.07) is 0. The van der Waals surface area contributed by atoms with Crippen molar-refractivity contribution in [3.8, 4) is 0 Å². The predicted octanol–water partition coefficient (Wildman–Crippen LogP) is -0.442. The minimum Gasteiger partial charge on any atom is -0.359 e. The molecule has 1 heterocycles. The van der Waals surface area contributed by atoms with Gasteiger partial charge in [0.2, 0.25) is 11.8 Å². The molecule has 0 spiro atoms. The maximum atomic E-state index is 11.5. The van der Waals surface area contributed by atoms with Crippen LogP contribution in [0.15, 0.2) is 0 Å². The van der Waals surface area contributed by atoms with Gasteiger partial charge in [-0.3, -0.25) is 9.59 Å². The summed E-state index contributed by atoms with van der Waals surface area (Å²) in [6.45, 7) is 3.12. The Balaban J connectivity index is 2.66. The van der Waals surface area contributed by atoms with Crippen LogP contribution in [0.2, 0.25) is 5.82 Å².